The van der Waals surface area contributed by atoms with Crippen molar-refractivity contribution in [3.8, 4) is 5.75 Å². The summed E-state index contributed by atoms with van der Waals surface area (Å²) in [7, 11) is 0. The third-order valence-corrected chi connectivity index (χ3v) is 4.85. The number of thioether (sulfide) groups is 1. The second-order valence-corrected chi connectivity index (χ2v) is 6.56. The molecule has 2 aromatic carbocycles. The van der Waals surface area contributed by atoms with Crippen LogP contribution in [0.3, 0.4) is 0 Å². The van der Waals surface area contributed by atoms with E-state index in [0.29, 0.717) is 23.2 Å². The molecule has 0 aromatic heterocycles. The Morgan fingerprint density at radius 2 is 2.14 bits per heavy atom. The molecule has 21 heavy (non-hydrogen) atoms. The van der Waals surface area contributed by atoms with Crippen molar-refractivity contribution in [3.63, 3.8) is 0 Å². The lowest BCUT2D eigenvalue weighted by atomic mass is 10.1. The molecule has 110 valence electrons. The van der Waals surface area contributed by atoms with Crippen molar-refractivity contribution in [2.75, 3.05) is 6.61 Å². The maximum absolute atomic E-state index is 13.4. The predicted octanol–water partition coefficient (Wildman–Crippen LogP) is 3.97. The molecular formula is C17H17FO2S. The molecule has 3 rings (SSSR count). The average molecular weight is 304 g/mol. The minimum atomic E-state index is -0.672. The Balaban J connectivity index is 1.68. The van der Waals surface area contributed by atoms with Gasteiger partial charge in [0.05, 0.1) is 6.10 Å². The van der Waals surface area contributed by atoms with Crippen LogP contribution in [-0.4, -0.2) is 17.0 Å². The summed E-state index contributed by atoms with van der Waals surface area (Å²) >= 11 is 1.79. The van der Waals surface area contributed by atoms with Crippen LogP contribution in [0.4, 0.5) is 4.39 Å². The van der Waals surface area contributed by atoms with Crippen LogP contribution in [0.1, 0.15) is 24.2 Å². The van der Waals surface area contributed by atoms with E-state index in [0.717, 1.165) is 6.42 Å². The summed E-state index contributed by atoms with van der Waals surface area (Å²) in [4.78, 5) is 1.29. The number of hydrogen-bond donors (Lipinski definition) is 1. The lowest BCUT2D eigenvalue weighted by molar-refractivity contribution is 0.191. The smallest absolute Gasteiger partial charge is 0.128 e. The van der Waals surface area contributed by atoms with E-state index in [1.165, 1.54) is 22.6 Å². The summed E-state index contributed by atoms with van der Waals surface area (Å²) in [5.74, 6) is 0.0818. The summed E-state index contributed by atoms with van der Waals surface area (Å²) < 4.78 is 19.1. The van der Waals surface area contributed by atoms with E-state index in [-0.39, 0.29) is 5.82 Å². The third-order valence-electron chi connectivity index (χ3n) is 3.56. The van der Waals surface area contributed by atoms with E-state index in [1.54, 1.807) is 24.8 Å². The molecule has 0 saturated carbocycles. The zero-order valence-corrected chi connectivity index (χ0v) is 12.6. The van der Waals surface area contributed by atoms with Gasteiger partial charge in [-0.3, -0.25) is 0 Å². The largest absolute Gasteiger partial charge is 0.492 e. The minimum absolute atomic E-state index is 0.326. The molecule has 0 radical (unpaired) electrons. The van der Waals surface area contributed by atoms with Gasteiger partial charge >= 0.3 is 0 Å². The van der Waals surface area contributed by atoms with Crippen LogP contribution in [0.2, 0.25) is 0 Å². The third kappa shape index (κ3) is 3.22. The topological polar surface area (TPSA) is 29.5 Å². The van der Waals surface area contributed by atoms with Crippen LogP contribution in [-0.2, 0) is 6.42 Å². The Kier molecular flexibility index (Phi) is 4.17. The van der Waals surface area contributed by atoms with Gasteiger partial charge in [-0.1, -0.05) is 18.2 Å². The number of halogens is 1. The van der Waals surface area contributed by atoms with Gasteiger partial charge in [-0.2, -0.15) is 0 Å². The first-order valence-corrected chi connectivity index (χ1v) is 7.86. The maximum atomic E-state index is 13.4. The van der Waals surface area contributed by atoms with Gasteiger partial charge < -0.3 is 9.84 Å². The molecule has 1 heterocycles. The minimum Gasteiger partial charge on any atom is -0.492 e. The molecule has 2 unspecified atom stereocenters. The molecule has 0 spiro atoms. The first kappa shape index (κ1) is 14.4. The van der Waals surface area contributed by atoms with Gasteiger partial charge in [-0.05, 0) is 37.1 Å². The van der Waals surface area contributed by atoms with Crippen molar-refractivity contribution >= 4 is 11.8 Å². The summed E-state index contributed by atoms with van der Waals surface area (Å²) in [6.45, 7) is 2.16. The van der Waals surface area contributed by atoms with Gasteiger partial charge in [0.1, 0.15) is 18.2 Å². The average Bonchev–Trinajstić information content (AvgIpc) is 2.87. The zero-order chi connectivity index (χ0) is 14.8. The van der Waals surface area contributed by atoms with Crippen molar-refractivity contribution < 1.29 is 14.2 Å². The molecule has 1 aliphatic heterocycles. The Labute approximate surface area is 128 Å². The van der Waals surface area contributed by atoms with E-state index in [1.807, 2.05) is 12.1 Å². The van der Waals surface area contributed by atoms with Crippen LogP contribution in [0.15, 0.2) is 47.4 Å². The summed E-state index contributed by atoms with van der Waals surface area (Å²) in [5, 5.41) is 10.0. The Morgan fingerprint density at radius 3 is 2.90 bits per heavy atom. The Morgan fingerprint density at radius 1 is 1.33 bits per heavy atom. The van der Waals surface area contributed by atoms with E-state index in [2.05, 4.69) is 12.1 Å². The zero-order valence-electron chi connectivity index (χ0n) is 11.8. The SMILES string of the molecule is CC(O)c1ccc(F)cc1OCC1Cc2ccccc2S1. The van der Waals surface area contributed by atoms with Crippen molar-refractivity contribution in [2.45, 2.75) is 29.6 Å². The van der Waals surface area contributed by atoms with Crippen LogP contribution < -0.4 is 4.74 Å². The monoisotopic (exact) mass is 304 g/mol. The molecule has 0 amide bonds. The van der Waals surface area contributed by atoms with Gasteiger partial charge in [0.15, 0.2) is 0 Å². The fraction of sp³-hybridized carbons (Fsp3) is 0.294. The normalized spacial score (nSPS) is 18.3. The number of fused-ring (bicyclic) bond motifs is 1. The van der Waals surface area contributed by atoms with Crippen molar-refractivity contribution in [2.24, 2.45) is 0 Å². The highest BCUT2D eigenvalue weighted by Crippen LogP contribution is 2.37. The Bertz CT molecular complexity index is 617. The van der Waals surface area contributed by atoms with E-state index in [4.69, 9.17) is 4.74 Å². The number of hydrogen-bond acceptors (Lipinski definition) is 3. The van der Waals surface area contributed by atoms with Gasteiger partial charge in [-0.25, -0.2) is 4.39 Å². The van der Waals surface area contributed by atoms with Gasteiger partial charge in [-0.15, -0.1) is 11.8 Å². The van der Waals surface area contributed by atoms with Crippen LogP contribution in [0, 0.1) is 5.82 Å². The highest BCUT2D eigenvalue weighted by molar-refractivity contribution is 8.00. The highest BCUT2D eigenvalue weighted by Gasteiger charge is 2.23. The molecule has 1 aliphatic rings. The van der Waals surface area contributed by atoms with Crippen LogP contribution >= 0.6 is 11.8 Å². The second-order valence-electron chi connectivity index (χ2n) is 5.22. The Hall–Kier alpha value is -1.52. The highest BCUT2D eigenvalue weighted by atomic mass is 32.2. The van der Waals surface area contributed by atoms with Crippen molar-refractivity contribution in [3.05, 3.63) is 59.4 Å². The standard InChI is InChI=1S/C17H17FO2S/c1-11(19)15-7-6-13(18)9-16(15)20-10-14-8-12-4-2-3-5-17(12)21-14/h2-7,9,11,14,19H,8,10H2,1H3. The molecule has 0 aliphatic carbocycles. The van der Waals surface area contributed by atoms with Crippen LogP contribution in [0.5, 0.6) is 5.75 Å². The second kappa shape index (κ2) is 6.08. The maximum Gasteiger partial charge on any atom is 0.128 e. The molecule has 0 bridgehead atoms. The summed E-state index contributed by atoms with van der Waals surface area (Å²) in [6, 6.07) is 12.6. The number of aliphatic hydroxyl groups excluding tert-OH is 1. The summed E-state index contributed by atoms with van der Waals surface area (Å²) in [6.07, 6.45) is 0.286. The van der Waals surface area contributed by atoms with Crippen molar-refractivity contribution in [1.82, 2.24) is 0 Å². The first-order chi connectivity index (χ1) is 10.1. The fourth-order valence-corrected chi connectivity index (χ4v) is 3.73. The van der Waals surface area contributed by atoms with Crippen molar-refractivity contribution in [1.29, 1.82) is 0 Å². The fourth-order valence-electron chi connectivity index (χ4n) is 2.51. The van der Waals surface area contributed by atoms with E-state index in [9.17, 15) is 9.50 Å². The predicted molar refractivity (Wildman–Crippen MR) is 82.3 cm³/mol. The quantitative estimate of drug-likeness (QED) is 0.926. The van der Waals surface area contributed by atoms with E-state index >= 15 is 0 Å². The summed E-state index contributed by atoms with van der Waals surface area (Å²) in [5.41, 5.74) is 1.96. The molecule has 2 atom stereocenters. The van der Waals surface area contributed by atoms with Gasteiger partial charge in [0, 0.05) is 21.8 Å². The van der Waals surface area contributed by atoms with Gasteiger partial charge in [0.2, 0.25) is 0 Å². The lowest BCUT2D eigenvalue weighted by Gasteiger charge is -2.16. The molecule has 0 fully saturated rings. The molecule has 4 heteroatoms. The lowest BCUT2D eigenvalue weighted by Crippen LogP contribution is -2.14. The van der Waals surface area contributed by atoms with Gasteiger partial charge in [0.25, 0.3) is 0 Å². The number of aliphatic hydroxyl groups is 1. The number of benzene rings is 2. The van der Waals surface area contributed by atoms with E-state index < -0.39 is 6.10 Å². The molecule has 2 aromatic rings. The first-order valence-electron chi connectivity index (χ1n) is 6.98. The molecule has 2 nitrogen and oxygen atoms in total. The molecule has 0 saturated heterocycles. The van der Waals surface area contributed by atoms with Crippen LogP contribution in [0.25, 0.3) is 0 Å². The molecule has 1 N–H and O–H groups in total. The number of rotatable bonds is 4. The number of ether oxygens (including phenoxy) is 1. The molecular weight excluding hydrogens is 287 g/mol.